The van der Waals surface area contributed by atoms with Gasteiger partial charge in [0, 0.05) is 12.1 Å². The second-order valence-corrected chi connectivity index (χ2v) is 9.16. The highest BCUT2D eigenvalue weighted by Gasteiger charge is 2.28. The molecule has 126 valence electrons. The van der Waals surface area contributed by atoms with E-state index < -0.39 is 9.84 Å². The van der Waals surface area contributed by atoms with Gasteiger partial charge in [-0.2, -0.15) is 0 Å². The average Bonchev–Trinajstić information content (AvgIpc) is 2.93. The molecule has 1 aromatic carbocycles. The molecule has 1 aliphatic carbocycles. The molecule has 1 aromatic rings. The SMILES string of the molecule is O=C(NCC1CCS(=O)(=O)C1)c1ccc(C2CCCCC2)cc1. The van der Waals surface area contributed by atoms with Crippen molar-refractivity contribution < 1.29 is 13.2 Å². The minimum absolute atomic E-state index is 0.0606. The van der Waals surface area contributed by atoms with Crippen molar-refractivity contribution in [1.82, 2.24) is 5.32 Å². The number of hydrogen-bond acceptors (Lipinski definition) is 3. The van der Waals surface area contributed by atoms with Gasteiger partial charge in [-0.25, -0.2) is 8.42 Å². The Morgan fingerprint density at radius 3 is 2.35 bits per heavy atom. The fourth-order valence-corrected chi connectivity index (χ4v) is 5.58. The van der Waals surface area contributed by atoms with Crippen molar-refractivity contribution in [1.29, 1.82) is 0 Å². The average molecular weight is 335 g/mol. The van der Waals surface area contributed by atoms with E-state index in [1.54, 1.807) is 0 Å². The fourth-order valence-electron chi connectivity index (χ4n) is 3.71. The first-order valence-electron chi connectivity index (χ1n) is 8.62. The lowest BCUT2D eigenvalue weighted by Crippen LogP contribution is -2.29. The predicted octanol–water partition coefficient (Wildman–Crippen LogP) is 2.90. The Labute approximate surface area is 138 Å². The largest absolute Gasteiger partial charge is 0.352 e. The van der Waals surface area contributed by atoms with E-state index >= 15 is 0 Å². The van der Waals surface area contributed by atoms with E-state index in [1.165, 1.54) is 37.7 Å². The van der Waals surface area contributed by atoms with Crippen molar-refractivity contribution in [3.05, 3.63) is 35.4 Å². The van der Waals surface area contributed by atoms with Crippen LogP contribution in [0.25, 0.3) is 0 Å². The van der Waals surface area contributed by atoms with Crippen LogP contribution in [0.5, 0.6) is 0 Å². The van der Waals surface area contributed by atoms with E-state index in [1.807, 2.05) is 12.1 Å². The van der Waals surface area contributed by atoms with Crippen LogP contribution in [-0.2, 0) is 9.84 Å². The molecule has 1 saturated heterocycles. The Morgan fingerprint density at radius 2 is 1.74 bits per heavy atom. The van der Waals surface area contributed by atoms with Crippen molar-refractivity contribution in [2.24, 2.45) is 5.92 Å². The first kappa shape index (κ1) is 16.5. The zero-order valence-electron chi connectivity index (χ0n) is 13.5. The van der Waals surface area contributed by atoms with Crippen LogP contribution in [0.2, 0.25) is 0 Å². The first-order valence-corrected chi connectivity index (χ1v) is 10.4. The summed E-state index contributed by atoms with van der Waals surface area (Å²) in [6, 6.07) is 7.94. The molecule has 4 nitrogen and oxygen atoms in total. The standard InChI is InChI=1S/C18H25NO3S/c20-18(19-12-14-10-11-23(21,22)13-14)17-8-6-16(7-9-17)15-4-2-1-3-5-15/h6-9,14-15H,1-5,10-13H2,(H,19,20). The zero-order chi connectivity index (χ0) is 16.3. The molecule has 1 saturated carbocycles. The van der Waals surface area contributed by atoms with Crippen LogP contribution in [0.15, 0.2) is 24.3 Å². The van der Waals surface area contributed by atoms with Gasteiger partial charge < -0.3 is 5.32 Å². The Morgan fingerprint density at radius 1 is 1.04 bits per heavy atom. The van der Waals surface area contributed by atoms with E-state index in [0.29, 0.717) is 24.4 Å². The molecule has 3 rings (SSSR count). The van der Waals surface area contributed by atoms with Crippen LogP contribution in [0, 0.1) is 5.92 Å². The molecule has 0 radical (unpaired) electrons. The quantitative estimate of drug-likeness (QED) is 0.920. The Balaban J connectivity index is 1.53. The molecule has 1 N–H and O–H groups in total. The molecule has 23 heavy (non-hydrogen) atoms. The van der Waals surface area contributed by atoms with Crippen molar-refractivity contribution in [2.45, 2.75) is 44.4 Å². The lowest BCUT2D eigenvalue weighted by molar-refractivity contribution is 0.0948. The monoisotopic (exact) mass is 335 g/mol. The first-order chi connectivity index (χ1) is 11.0. The molecule has 0 aromatic heterocycles. The molecule has 2 fully saturated rings. The van der Waals surface area contributed by atoms with Gasteiger partial charge in [-0.05, 0) is 48.8 Å². The molecule has 0 spiro atoms. The van der Waals surface area contributed by atoms with Gasteiger partial charge in [0.15, 0.2) is 9.84 Å². The van der Waals surface area contributed by atoms with Gasteiger partial charge in [-0.3, -0.25) is 4.79 Å². The summed E-state index contributed by atoms with van der Waals surface area (Å²) < 4.78 is 22.9. The van der Waals surface area contributed by atoms with Gasteiger partial charge in [0.05, 0.1) is 11.5 Å². The summed E-state index contributed by atoms with van der Waals surface area (Å²) in [6.45, 7) is 0.447. The maximum Gasteiger partial charge on any atom is 0.251 e. The smallest absolute Gasteiger partial charge is 0.251 e. The topological polar surface area (TPSA) is 63.2 Å². The Kier molecular flexibility index (Phi) is 5.05. The normalized spacial score (nSPS) is 24.4. The summed E-state index contributed by atoms with van der Waals surface area (Å²) >= 11 is 0. The van der Waals surface area contributed by atoms with Crippen LogP contribution in [0.3, 0.4) is 0 Å². The van der Waals surface area contributed by atoms with Crippen molar-refractivity contribution in [2.75, 3.05) is 18.1 Å². The minimum atomic E-state index is -2.88. The fraction of sp³-hybridized carbons (Fsp3) is 0.611. The summed E-state index contributed by atoms with van der Waals surface area (Å²) in [5.74, 6) is 1.05. The molecule has 1 amide bonds. The van der Waals surface area contributed by atoms with Gasteiger partial charge >= 0.3 is 0 Å². The van der Waals surface area contributed by atoms with E-state index in [9.17, 15) is 13.2 Å². The number of carbonyl (C=O) groups is 1. The Hall–Kier alpha value is -1.36. The maximum atomic E-state index is 12.2. The number of rotatable bonds is 4. The highest BCUT2D eigenvalue weighted by Crippen LogP contribution is 2.32. The Bertz CT molecular complexity index is 645. The summed E-state index contributed by atoms with van der Waals surface area (Å²) in [6.07, 6.45) is 7.11. The molecule has 1 atom stereocenters. The third-order valence-corrected chi connectivity index (χ3v) is 6.96. The molecule has 0 bridgehead atoms. The molecule has 1 aliphatic heterocycles. The number of hydrogen-bond donors (Lipinski definition) is 1. The number of carbonyl (C=O) groups excluding carboxylic acids is 1. The van der Waals surface area contributed by atoms with Crippen molar-refractivity contribution in [3.63, 3.8) is 0 Å². The molecule has 2 aliphatic rings. The van der Waals surface area contributed by atoms with Crippen LogP contribution < -0.4 is 5.32 Å². The molecule has 5 heteroatoms. The number of sulfone groups is 1. The predicted molar refractivity (Wildman–Crippen MR) is 91.4 cm³/mol. The van der Waals surface area contributed by atoms with Crippen LogP contribution in [-0.4, -0.2) is 32.4 Å². The highest BCUT2D eigenvalue weighted by molar-refractivity contribution is 7.91. The molecule has 1 unspecified atom stereocenters. The van der Waals surface area contributed by atoms with Gasteiger partial charge in [0.1, 0.15) is 0 Å². The van der Waals surface area contributed by atoms with E-state index in [4.69, 9.17) is 0 Å². The van der Waals surface area contributed by atoms with Gasteiger partial charge in [0.25, 0.3) is 5.91 Å². The van der Waals surface area contributed by atoms with Crippen LogP contribution in [0.1, 0.15) is 60.4 Å². The number of amides is 1. The van der Waals surface area contributed by atoms with Gasteiger partial charge in [-0.1, -0.05) is 31.4 Å². The van der Waals surface area contributed by atoms with Crippen molar-refractivity contribution in [3.8, 4) is 0 Å². The third kappa shape index (κ3) is 4.34. The number of nitrogens with one attached hydrogen (secondary N) is 1. The highest BCUT2D eigenvalue weighted by atomic mass is 32.2. The molecule has 1 heterocycles. The second-order valence-electron chi connectivity index (χ2n) is 6.94. The van der Waals surface area contributed by atoms with Gasteiger partial charge in [-0.15, -0.1) is 0 Å². The lowest BCUT2D eigenvalue weighted by atomic mass is 9.84. The van der Waals surface area contributed by atoms with Crippen molar-refractivity contribution >= 4 is 15.7 Å². The summed E-state index contributed by atoms with van der Waals surface area (Å²) in [4.78, 5) is 12.2. The van der Waals surface area contributed by atoms with E-state index in [2.05, 4.69) is 17.4 Å². The van der Waals surface area contributed by atoms with E-state index in [-0.39, 0.29) is 23.3 Å². The second kappa shape index (κ2) is 7.04. The van der Waals surface area contributed by atoms with E-state index in [0.717, 1.165) is 0 Å². The number of benzene rings is 1. The van der Waals surface area contributed by atoms with Crippen LogP contribution in [0.4, 0.5) is 0 Å². The molecular formula is C18H25NO3S. The van der Waals surface area contributed by atoms with Gasteiger partial charge in [0.2, 0.25) is 0 Å². The lowest BCUT2D eigenvalue weighted by Gasteiger charge is -2.22. The summed E-state index contributed by atoms with van der Waals surface area (Å²) in [5.41, 5.74) is 1.99. The third-order valence-electron chi connectivity index (χ3n) is 5.13. The van der Waals surface area contributed by atoms with Crippen LogP contribution >= 0.6 is 0 Å². The molecular weight excluding hydrogens is 310 g/mol. The summed E-state index contributed by atoms with van der Waals surface area (Å²) in [5, 5.41) is 2.87. The minimum Gasteiger partial charge on any atom is -0.352 e. The zero-order valence-corrected chi connectivity index (χ0v) is 14.3. The maximum absolute atomic E-state index is 12.2. The summed E-state index contributed by atoms with van der Waals surface area (Å²) in [7, 11) is -2.88.